The average Bonchev–Trinajstić information content (AvgIpc) is 2.55. The molecule has 0 atom stereocenters. The molecule has 1 aliphatic heterocycles. The normalized spacial score (nSPS) is 16.4. The minimum Gasteiger partial charge on any atom is -0.442 e. The Morgan fingerprint density at radius 1 is 0.850 bits per heavy atom. The maximum absolute atomic E-state index is 12.0. The first-order chi connectivity index (χ1) is 8.89. The van der Waals surface area contributed by atoms with E-state index >= 15 is 0 Å². The molecule has 7 heteroatoms. The van der Waals surface area contributed by atoms with E-state index in [0.29, 0.717) is 0 Å². The average molecular weight is 286 g/mol. The van der Waals surface area contributed by atoms with Crippen LogP contribution in [-0.2, 0) is 14.3 Å². The third kappa shape index (κ3) is 4.71. The van der Waals surface area contributed by atoms with Gasteiger partial charge < -0.3 is 9.47 Å². The van der Waals surface area contributed by atoms with Gasteiger partial charge in [0.15, 0.2) is 5.78 Å². The second-order valence-electron chi connectivity index (χ2n) is 6.61. The van der Waals surface area contributed by atoms with Crippen LogP contribution in [0.25, 0.3) is 0 Å². The number of amides is 2. The minimum absolute atomic E-state index is 0.186. The maximum atomic E-state index is 12.0. The summed E-state index contributed by atoms with van der Waals surface area (Å²) in [7, 11) is 0. The Hall–Kier alpha value is -1.79. The number of carbonyl (C=O) groups excluding carboxylic acids is 3. The van der Waals surface area contributed by atoms with E-state index in [-0.39, 0.29) is 18.9 Å². The fraction of sp³-hybridized carbons (Fsp3) is 0.769. The zero-order chi connectivity index (χ0) is 15.7. The highest BCUT2D eigenvalue weighted by molar-refractivity contribution is 5.92. The number of hydrogen-bond donors (Lipinski definition) is 0. The van der Waals surface area contributed by atoms with Crippen molar-refractivity contribution in [3.8, 4) is 0 Å². The van der Waals surface area contributed by atoms with Gasteiger partial charge in [0.1, 0.15) is 24.3 Å². The number of Topliss-reactive ketones (excluding diaryl/α,β-unsaturated/α-hetero) is 1. The summed E-state index contributed by atoms with van der Waals surface area (Å²) >= 11 is 0. The number of nitrogens with zero attached hydrogens (tertiary/aromatic N) is 2. The maximum Gasteiger partial charge on any atom is 0.429 e. The number of carbonyl (C=O) groups is 3. The third-order valence-electron chi connectivity index (χ3n) is 2.15. The van der Waals surface area contributed by atoms with Crippen molar-refractivity contribution in [2.45, 2.75) is 52.7 Å². The fourth-order valence-electron chi connectivity index (χ4n) is 1.51. The van der Waals surface area contributed by atoms with Crippen LogP contribution >= 0.6 is 0 Å². The van der Waals surface area contributed by atoms with Crippen LogP contribution in [0.5, 0.6) is 0 Å². The Balaban J connectivity index is 2.81. The summed E-state index contributed by atoms with van der Waals surface area (Å²) < 4.78 is 10.3. The summed E-state index contributed by atoms with van der Waals surface area (Å²) in [6.45, 7) is 9.88. The quantitative estimate of drug-likeness (QED) is 0.680. The molecule has 0 saturated carbocycles. The van der Waals surface area contributed by atoms with E-state index < -0.39 is 23.4 Å². The summed E-state index contributed by atoms with van der Waals surface area (Å²) in [6.07, 6.45) is -1.48. The van der Waals surface area contributed by atoms with Crippen LogP contribution in [0.3, 0.4) is 0 Å². The predicted molar refractivity (Wildman–Crippen MR) is 70.9 cm³/mol. The van der Waals surface area contributed by atoms with Crippen LogP contribution in [-0.4, -0.2) is 52.3 Å². The summed E-state index contributed by atoms with van der Waals surface area (Å²) in [5.74, 6) is -0.248. The molecule has 1 aliphatic rings. The number of hydrazine groups is 1. The molecular weight excluding hydrogens is 264 g/mol. The van der Waals surface area contributed by atoms with E-state index in [1.807, 2.05) is 0 Å². The Labute approximate surface area is 118 Å². The molecule has 1 fully saturated rings. The highest BCUT2D eigenvalue weighted by atomic mass is 16.6. The van der Waals surface area contributed by atoms with Gasteiger partial charge in [-0.25, -0.2) is 19.6 Å². The molecule has 0 aromatic heterocycles. The molecule has 0 bridgehead atoms. The molecule has 1 saturated heterocycles. The van der Waals surface area contributed by atoms with Crippen molar-refractivity contribution in [1.29, 1.82) is 0 Å². The number of ether oxygens (including phenoxy) is 2. The molecule has 2 amide bonds. The molecule has 0 spiro atoms. The van der Waals surface area contributed by atoms with Crippen LogP contribution in [0.15, 0.2) is 0 Å². The van der Waals surface area contributed by atoms with E-state index in [2.05, 4.69) is 0 Å². The van der Waals surface area contributed by atoms with Gasteiger partial charge in [0.25, 0.3) is 0 Å². The molecule has 1 heterocycles. The first kappa shape index (κ1) is 16.3. The van der Waals surface area contributed by atoms with Gasteiger partial charge in [-0.2, -0.15) is 0 Å². The molecule has 0 unspecified atom stereocenters. The smallest absolute Gasteiger partial charge is 0.429 e. The van der Waals surface area contributed by atoms with Crippen molar-refractivity contribution in [3.63, 3.8) is 0 Å². The van der Waals surface area contributed by atoms with Gasteiger partial charge in [-0.3, -0.25) is 4.79 Å². The largest absolute Gasteiger partial charge is 0.442 e. The topological polar surface area (TPSA) is 76.2 Å². The fourth-order valence-corrected chi connectivity index (χ4v) is 1.51. The molecule has 0 aliphatic carbocycles. The standard InChI is InChI=1S/C13H22N2O5/c1-12(2,3)19-10(17)14-7-9(16)8-15(14)11(18)20-13(4,5)6/h7-8H2,1-6H3. The lowest BCUT2D eigenvalue weighted by molar-refractivity contribution is -0.116. The molecule has 7 nitrogen and oxygen atoms in total. The first-order valence-corrected chi connectivity index (χ1v) is 6.42. The van der Waals surface area contributed by atoms with E-state index in [9.17, 15) is 14.4 Å². The van der Waals surface area contributed by atoms with Crippen molar-refractivity contribution >= 4 is 18.0 Å². The molecule has 1 rings (SSSR count). The Bertz CT molecular complexity index is 381. The molecule has 0 aromatic rings. The van der Waals surface area contributed by atoms with Crippen LogP contribution in [0.4, 0.5) is 9.59 Å². The molecule has 20 heavy (non-hydrogen) atoms. The number of rotatable bonds is 0. The number of ketones is 1. The summed E-state index contributed by atoms with van der Waals surface area (Å²) in [6, 6.07) is 0. The zero-order valence-electron chi connectivity index (χ0n) is 12.8. The zero-order valence-corrected chi connectivity index (χ0v) is 12.8. The third-order valence-corrected chi connectivity index (χ3v) is 2.15. The summed E-state index contributed by atoms with van der Waals surface area (Å²) in [5.41, 5.74) is -1.41. The Kier molecular flexibility index (Phi) is 4.31. The predicted octanol–water partition coefficient (Wildman–Crippen LogP) is 1.96. The van der Waals surface area contributed by atoms with Crippen molar-refractivity contribution < 1.29 is 23.9 Å². The van der Waals surface area contributed by atoms with Crippen molar-refractivity contribution in [2.75, 3.05) is 13.1 Å². The summed E-state index contributed by atoms with van der Waals surface area (Å²) in [5, 5.41) is 1.95. The monoisotopic (exact) mass is 286 g/mol. The van der Waals surface area contributed by atoms with Gasteiger partial charge in [-0.1, -0.05) is 0 Å². The van der Waals surface area contributed by atoms with Gasteiger partial charge >= 0.3 is 12.2 Å². The van der Waals surface area contributed by atoms with E-state index in [0.717, 1.165) is 10.0 Å². The van der Waals surface area contributed by atoms with Crippen molar-refractivity contribution in [1.82, 2.24) is 10.0 Å². The Morgan fingerprint density at radius 3 is 1.40 bits per heavy atom. The molecular formula is C13H22N2O5. The van der Waals surface area contributed by atoms with E-state index in [4.69, 9.17) is 9.47 Å². The highest BCUT2D eigenvalue weighted by Gasteiger charge is 2.40. The van der Waals surface area contributed by atoms with Crippen LogP contribution in [0, 0.1) is 0 Å². The SMILES string of the molecule is CC(C)(C)OC(=O)N1CC(=O)CN1C(=O)OC(C)(C)C. The second-order valence-corrected chi connectivity index (χ2v) is 6.61. The van der Waals surface area contributed by atoms with E-state index in [1.54, 1.807) is 41.5 Å². The minimum atomic E-state index is -0.741. The van der Waals surface area contributed by atoms with Gasteiger partial charge in [-0.05, 0) is 41.5 Å². The van der Waals surface area contributed by atoms with E-state index in [1.165, 1.54) is 0 Å². The van der Waals surface area contributed by atoms with Gasteiger partial charge in [-0.15, -0.1) is 0 Å². The van der Waals surface area contributed by atoms with Crippen LogP contribution in [0.2, 0.25) is 0 Å². The number of hydrogen-bond acceptors (Lipinski definition) is 5. The molecule has 114 valence electrons. The van der Waals surface area contributed by atoms with Crippen LogP contribution in [0.1, 0.15) is 41.5 Å². The summed E-state index contributed by atoms with van der Waals surface area (Å²) in [4.78, 5) is 35.5. The molecule has 0 radical (unpaired) electrons. The Morgan fingerprint density at radius 2 is 1.15 bits per heavy atom. The first-order valence-electron chi connectivity index (χ1n) is 6.42. The van der Waals surface area contributed by atoms with Crippen molar-refractivity contribution in [3.05, 3.63) is 0 Å². The van der Waals surface area contributed by atoms with Crippen molar-refractivity contribution in [2.24, 2.45) is 0 Å². The second kappa shape index (κ2) is 5.30. The van der Waals surface area contributed by atoms with Crippen LogP contribution < -0.4 is 0 Å². The molecule has 0 N–H and O–H groups in total. The van der Waals surface area contributed by atoms with Gasteiger partial charge in [0, 0.05) is 0 Å². The lowest BCUT2D eigenvalue weighted by Crippen LogP contribution is -2.48. The van der Waals surface area contributed by atoms with Gasteiger partial charge in [0.05, 0.1) is 0 Å². The van der Waals surface area contributed by atoms with Gasteiger partial charge in [0.2, 0.25) is 0 Å². The lowest BCUT2D eigenvalue weighted by atomic mass is 10.2. The molecule has 0 aromatic carbocycles. The highest BCUT2D eigenvalue weighted by Crippen LogP contribution is 2.18. The lowest BCUT2D eigenvalue weighted by Gasteiger charge is -2.31.